The van der Waals surface area contributed by atoms with Crippen LogP contribution >= 0.6 is 0 Å². The van der Waals surface area contributed by atoms with Gasteiger partial charge in [-0.2, -0.15) is 0 Å². The van der Waals surface area contributed by atoms with E-state index in [4.69, 9.17) is 5.73 Å². The second kappa shape index (κ2) is 7.33. The molecule has 0 heterocycles. The van der Waals surface area contributed by atoms with Crippen molar-refractivity contribution in [2.75, 3.05) is 25.0 Å². The first kappa shape index (κ1) is 14.0. The third-order valence-corrected chi connectivity index (χ3v) is 3.28. The molecule has 0 bridgehead atoms. The van der Waals surface area contributed by atoms with Crippen molar-refractivity contribution in [3.05, 3.63) is 29.8 Å². The number of aryl methyl sites for hydroxylation is 1. The van der Waals surface area contributed by atoms with E-state index in [1.54, 1.807) is 0 Å². The highest BCUT2D eigenvalue weighted by Crippen LogP contribution is 2.15. The predicted octanol–water partition coefficient (Wildman–Crippen LogP) is 3.06. The van der Waals surface area contributed by atoms with Crippen molar-refractivity contribution in [1.82, 2.24) is 0 Å². The molecule has 0 amide bonds. The lowest BCUT2D eigenvalue weighted by molar-refractivity contribution is 0.545. The molecule has 0 aliphatic rings. The Labute approximate surface area is 106 Å². The molecule has 2 heteroatoms. The van der Waals surface area contributed by atoms with Gasteiger partial charge in [0.2, 0.25) is 0 Å². The van der Waals surface area contributed by atoms with Crippen molar-refractivity contribution >= 4 is 5.69 Å². The second-order valence-corrected chi connectivity index (χ2v) is 4.97. The van der Waals surface area contributed by atoms with Gasteiger partial charge in [0.05, 0.1) is 0 Å². The fraction of sp³-hybridized carbons (Fsp3) is 0.600. The Balaban J connectivity index is 2.48. The number of hydrogen-bond acceptors (Lipinski definition) is 2. The molecule has 0 saturated carbocycles. The van der Waals surface area contributed by atoms with Crippen LogP contribution in [-0.2, 0) is 6.42 Å². The summed E-state index contributed by atoms with van der Waals surface area (Å²) in [6.07, 6.45) is 3.54. The molecule has 0 spiro atoms. The minimum Gasteiger partial charge on any atom is -0.375 e. The smallest absolute Gasteiger partial charge is 0.0363 e. The highest BCUT2D eigenvalue weighted by molar-refractivity contribution is 5.46. The normalized spacial score (nSPS) is 12.5. The Hall–Kier alpha value is -1.02. The van der Waals surface area contributed by atoms with Crippen molar-refractivity contribution in [2.24, 2.45) is 11.7 Å². The fourth-order valence-corrected chi connectivity index (χ4v) is 1.87. The zero-order valence-electron chi connectivity index (χ0n) is 11.4. The van der Waals surface area contributed by atoms with Crippen molar-refractivity contribution in [3.63, 3.8) is 0 Å². The molecule has 0 radical (unpaired) electrons. The predicted molar refractivity (Wildman–Crippen MR) is 76.5 cm³/mol. The van der Waals surface area contributed by atoms with Gasteiger partial charge in [0.1, 0.15) is 0 Å². The molecule has 2 N–H and O–H groups in total. The van der Waals surface area contributed by atoms with Gasteiger partial charge >= 0.3 is 0 Å². The summed E-state index contributed by atoms with van der Waals surface area (Å²) < 4.78 is 0. The number of hydrogen-bond donors (Lipinski definition) is 1. The molecule has 17 heavy (non-hydrogen) atoms. The SMILES string of the molecule is CCCc1ccc(N(C)CCC(C)CN)cc1. The maximum absolute atomic E-state index is 5.63. The van der Waals surface area contributed by atoms with Crippen LogP contribution in [-0.4, -0.2) is 20.1 Å². The maximum atomic E-state index is 5.63. The standard InChI is InChI=1S/C15H26N2/c1-4-5-14-6-8-15(9-7-14)17(3)11-10-13(2)12-16/h6-9,13H,4-5,10-12,16H2,1-3H3. The highest BCUT2D eigenvalue weighted by atomic mass is 15.1. The monoisotopic (exact) mass is 234 g/mol. The van der Waals surface area contributed by atoms with Gasteiger partial charge in [0, 0.05) is 19.3 Å². The first-order valence-electron chi connectivity index (χ1n) is 6.67. The number of anilines is 1. The van der Waals surface area contributed by atoms with Crippen LogP contribution in [0.15, 0.2) is 24.3 Å². The average molecular weight is 234 g/mol. The average Bonchev–Trinajstić information content (AvgIpc) is 2.36. The van der Waals surface area contributed by atoms with E-state index in [1.165, 1.54) is 24.1 Å². The molecule has 1 atom stereocenters. The van der Waals surface area contributed by atoms with Crippen LogP contribution in [0.3, 0.4) is 0 Å². The lowest BCUT2D eigenvalue weighted by Gasteiger charge is -2.21. The summed E-state index contributed by atoms with van der Waals surface area (Å²) in [6, 6.07) is 8.92. The Morgan fingerprint density at radius 3 is 2.41 bits per heavy atom. The summed E-state index contributed by atoms with van der Waals surface area (Å²) >= 11 is 0. The van der Waals surface area contributed by atoms with Gasteiger partial charge in [0.25, 0.3) is 0 Å². The van der Waals surface area contributed by atoms with Crippen LogP contribution in [0.1, 0.15) is 32.3 Å². The molecule has 0 aliphatic heterocycles. The van der Waals surface area contributed by atoms with Gasteiger partial charge in [-0.25, -0.2) is 0 Å². The zero-order chi connectivity index (χ0) is 12.7. The van der Waals surface area contributed by atoms with Crippen LogP contribution in [0.5, 0.6) is 0 Å². The number of rotatable bonds is 7. The Bertz CT molecular complexity index is 305. The first-order valence-corrected chi connectivity index (χ1v) is 6.67. The minimum absolute atomic E-state index is 0.608. The zero-order valence-corrected chi connectivity index (χ0v) is 11.4. The Morgan fingerprint density at radius 1 is 1.24 bits per heavy atom. The Kier molecular flexibility index (Phi) is 6.06. The highest BCUT2D eigenvalue weighted by Gasteiger charge is 2.04. The number of nitrogens with two attached hydrogens (primary N) is 1. The molecule has 0 fully saturated rings. The molecule has 1 unspecified atom stereocenters. The van der Waals surface area contributed by atoms with E-state index in [9.17, 15) is 0 Å². The molecule has 1 rings (SSSR count). The lowest BCUT2D eigenvalue weighted by atomic mass is 10.1. The van der Waals surface area contributed by atoms with Gasteiger partial charge in [-0.05, 0) is 43.0 Å². The van der Waals surface area contributed by atoms with Crippen molar-refractivity contribution in [1.29, 1.82) is 0 Å². The first-order chi connectivity index (χ1) is 8.17. The molecular formula is C15H26N2. The number of nitrogens with zero attached hydrogens (tertiary/aromatic N) is 1. The van der Waals surface area contributed by atoms with Gasteiger partial charge in [-0.3, -0.25) is 0 Å². The van der Waals surface area contributed by atoms with Crippen LogP contribution in [0.25, 0.3) is 0 Å². The fourth-order valence-electron chi connectivity index (χ4n) is 1.87. The van der Waals surface area contributed by atoms with Crippen LogP contribution < -0.4 is 10.6 Å². The third kappa shape index (κ3) is 4.78. The van der Waals surface area contributed by atoms with E-state index in [-0.39, 0.29) is 0 Å². The van der Waals surface area contributed by atoms with Crippen molar-refractivity contribution in [2.45, 2.75) is 33.1 Å². The van der Waals surface area contributed by atoms with E-state index in [1.807, 2.05) is 0 Å². The van der Waals surface area contributed by atoms with Crippen molar-refractivity contribution in [3.8, 4) is 0 Å². The summed E-state index contributed by atoms with van der Waals surface area (Å²) in [5.74, 6) is 0.608. The van der Waals surface area contributed by atoms with E-state index >= 15 is 0 Å². The third-order valence-electron chi connectivity index (χ3n) is 3.28. The van der Waals surface area contributed by atoms with E-state index < -0.39 is 0 Å². The molecular weight excluding hydrogens is 208 g/mol. The van der Waals surface area contributed by atoms with Crippen LogP contribution in [0.4, 0.5) is 5.69 Å². The minimum atomic E-state index is 0.608. The van der Waals surface area contributed by atoms with Gasteiger partial charge in [-0.15, -0.1) is 0 Å². The largest absolute Gasteiger partial charge is 0.375 e. The maximum Gasteiger partial charge on any atom is 0.0363 e. The molecule has 0 aliphatic carbocycles. The molecule has 0 aromatic heterocycles. The summed E-state index contributed by atoms with van der Waals surface area (Å²) in [5.41, 5.74) is 8.36. The quantitative estimate of drug-likeness (QED) is 0.785. The summed E-state index contributed by atoms with van der Waals surface area (Å²) in [4.78, 5) is 2.31. The Morgan fingerprint density at radius 2 is 1.88 bits per heavy atom. The summed E-state index contributed by atoms with van der Waals surface area (Å²) in [6.45, 7) is 6.28. The molecule has 2 nitrogen and oxygen atoms in total. The van der Waals surface area contributed by atoms with Gasteiger partial charge in [0.15, 0.2) is 0 Å². The molecule has 96 valence electrons. The molecule has 1 aromatic rings. The van der Waals surface area contributed by atoms with E-state index in [2.05, 4.69) is 50.1 Å². The van der Waals surface area contributed by atoms with Crippen LogP contribution in [0.2, 0.25) is 0 Å². The topological polar surface area (TPSA) is 29.3 Å². The lowest BCUT2D eigenvalue weighted by Crippen LogP contribution is -2.22. The second-order valence-electron chi connectivity index (χ2n) is 4.97. The summed E-state index contributed by atoms with van der Waals surface area (Å²) in [7, 11) is 2.15. The summed E-state index contributed by atoms with van der Waals surface area (Å²) in [5, 5.41) is 0. The van der Waals surface area contributed by atoms with E-state index in [0.29, 0.717) is 5.92 Å². The van der Waals surface area contributed by atoms with Gasteiger partial charge in [-0.1, -0.05) is 32.4 Å². The van der Waals surface area contributed by atoms with Gasteiger partial charge < -0.3 is 10.6 Å². The molecule has 1 aromatic carbocycles. The number of benzene rings is 1. The molecule has 0 saturated heterocycles. The van der Waals surface area contributed by atoms with E-state index in [0.717, 1.165) is 19.5 Å². The van der Waals surface area contributed by atoms with Crippen LogP contribution in [0, 0.1) is 5.92 Å². The van der Waals surface area contributed by atoms with Crippen molar-refractivity contribution < 1.29 is 0 Å².